The molecule has 0 amide bonds. The molecular weight excluding hydrogens is 273 g/mol. The molecule has 2 aromatic rings. The third-order valence-electron chi connectivity index (χ3n) is 2.40. The number of halogens is 2. The lowest BCUT2D eigenvalue weighted by atomic mass is 10.2. The predicted octanol–water partition coefficient (Wildman–Crippen LogP) is 4.01. The molecule has 1 aromatic heterocycles. The smallest absolute Gasteiger partial charge is 0.208 e. The molecule has 0 aliphatic heterocycles. The van der Waals surface area contributed by atoms with E-state index >= 15 is 0 Å². The van der Waals surface area contributed by atoms with Crippen molar-refractivity contribution in [1.82, 2.24) is 15.2 Å². The first-order valence-electron chi connectivity index (χ1n) is 5.55. The normalized spacial score (nSPS) is 11.2. The van der Waals surface area contributed by atoms with Gasteiger partial charge in [0.15, 0.2) is 0 Å². The van der Waals surface area contributed by atoms with Crippen molar-refractivity contribution in [2.75, 3.05) is 0 Å². The molecule has 0 aliphatic rings. The summed E-state index contributed by atoms with van der Waals surface area (Å²) in [6.45, 7) is 4.07. The van der Waals surface area contributed by atoms with Crippen LogP contribution in [-0.4, -0.2) is 15.2 Å². The Hall–Kier alpha value is -1.07. The third kappa shape index (κ3) is 3.23. The van der Waals surface area contributed by atoms with Crippen LogP contribution >= 0.6 is 23.4 Å². The van der Waals surface area contributed by atoms with Crippen LogP contribution in [0.3, 0.4) is 0 Å². The molecule has 1 heterocycles. The quantitative estimate of drug-likeness (QED) is 0.863. The van der Waals surface area contributed by atoms with Gasteiger partial charge in [-0.1, -0.05) is 43.3 Å². The predicted molar refractivity (Wildman–Crippen MR) is 71.4 cm³/mol. The van der Waals surface area contributed by atoms with E-state index in [0.717, 1.165) is 5.82 Å². The van der Waals surface area contributed by atoms with Gasteiger partial charge in [0.25, 0.3) is 0 Å². The first-order valence-corrected chi connectivity index (χ1v) is 6.91. The number of aromatic nitrogens is 3. The summed E-state index contributed by atoms with van der Waals surface area (Å²) in [4.78, 5) is 4.32. The fourth-order valence-electron chi connectivity index (χ4n) is 1.36. The first kappa shape index (κ1) is 13.4. The second kappa shape index (κ2) is 5.71. The minimum atomic E-state index is -0.297. The maximum Gasteiger partial charge on any atom is 0.208 e. The van der Waals surface area contributed by atoms with Gasteiger partial charge < -0.3 is 0 Å². The van der Waals surface area contributed by atoms with E-state index in [0.29, 0.717) is 27.4 Å². The van der Waals surface area contributed by atoms with E-state index in [2.05, 4.69) is 15.2 Å². The molecule has 0 saturated carbocycles. The van der Waals surface area contributed by atoms with Crippen molar-refractivity contribution in [2.24, 2.45) is 0 Å². The Kier molecular flexibility index (Phi) is 4.24. The van der Waals surface area contributed by atoms with Crippen molar-refractivity contribution in [2.45, 2.75) is 30.7 Å². The lowest BCUT2D eigenvalue weighted by Crippen LogP contribution is -1.90. The number of aromatic amines is 1. The molecule has 0 fully saturated rings. The molecule has 0 spiro atoms. The van der Waals surface area contributed by atoms with Gasteiger partial charge in [-0.25, -0.2) is 9.37 Å². The molecule has 0 saturated heterocycles. The maximum absolute atomic E-state index is 13.5. The first-order chi connectivity index (χ1) is 8.56. The average molecular weight is 286 g/mol. The third-order valence-corrected chi connectivity index (χ3v) is 3.53. The molecule has 3 nitrogen and oxygen atoms in total. The monoisotopic (exact) mass is 285 g/mol. The van der Waals surface area contributed by atoms with Crippen molar-refractivity contribution in [3.8, 4) is 0 Å². The maximum atomic E-state index is 13.5. The minimum absolute atomic E-state index is 0.297. The van der Waals surface area contributed by atoms with Gasteiger partial charge in [-0.3, -0.25) is 5.10 Å². The molecular formula is C12H13ClFN3S. The van der Waals surface area contributed by atoms with E-state index in [9.17, 15) is 4.39 Å². The van der Waals surface area contributed by atoms with Crippen LogP contribution in [0.2, 0.25) is 5.02 Å². The van der Waals surface area contributed by atoms with E-state index in [1.165, 1.54) is 17.8 Å². The Morgan fingerprint density at radius 3 is 2.83 bits per heavy atom. The molecule has 0 unspecified atom stereocenters. The van der Waals surface area contributed by atoms with Crippen molar-refractivity contribution in [1.29, 1.82) is 0 Å². The van der Waals surface area contributed by atoms with Gasteiger partial charge in [-0.2, -0.15) is 0 Å². The summed E-state index contributed by atoms with van der Waals surface area (Å²) in [5, 5.41) is 7.98. The van der Waals surface area contributed by atoms with Crippen LogP contribution in [0.15, 0.2) is 23.4 Å². The second-order valence-corrected chi connectivity index (χ2v) is 5.56. The number of benzene rings is 1. The van der Waals surface area contributed by atoms with E-state index in [4.69, 9.17) is 11.6 Å². The van der Waals surface area contributed by atoms with Crippen LogP contribution in [0.5, 0.6) is 0 Å². The lowest BCUT2D eigenvalue weighted by molar-refractivity contribution is 0.617. The van der Waals surface area contributed by atoms with Crippen LogP contribution in [-0.2, 0) is 5.75 Å². The Labute approximate surface area is 114 Å². The molecule has 6 heteroatoms. The lowest BCUT2D eigenvalue weighted by Gasteiger charge is -2.01. The molecule has 0 atom stereocenters. The zero-order chi connectivity index (χ0) is 13.1. The number of rotatable bonds is 4. The van der Waals surface area contributed by atoms with Gasteiger partial charge in [0.1, 0.15) is 11.6 Å². The number of H-pyrrole nitrogens is 1. The van der Waals surface area contributed by atoms with Crippen LogP contribution < -0.4 is 0 Å². The zero-order valence-corrected chi connectivity index (χ0v) is 11.6. The number of hydrogen-bond acceptors (Lipinski definition) is 3. The van der Waals surface area contributed by atoms with Crippen molar-refractivity contribution < 1.29 is 4.39 Å². The SMILES string of the molecule is CC(C)c1nc(SCc2ccc(Cl)cc2F)n[nH]1. The number of hydrogen-bond donors (Lipinski definition) is 1. The van der Waals surface area contributed by atoms with Crippen LogP contribution in [0.25, 0.3) is 0 Å². The van der Waals surface area contributed by atoms with Crippen molar-refractivity contribution >= 4 is 23.4 Å². The van der Waals surface area contributed by atoms with Gasteiger partial charge in [0, 0.05) is 16.7 Å². The second-order valence-electron chi connectivity index (χ2n) is 4.18. The molecule has 1 aromatic carbocycles. The Morgan fingerprint density at radius 2 is 2.22 bits per heavy atom. The van der Waals surface area contributed by atoms with Gasteiger partial charge >= 0.3 is 0 Å². The van der Waals surface area contributed by atoms with Gasteiger partial charge in [0.05, 0.1) is 0 Å². The fourth-order valence-corrected chi connectivity index (χ4v) is 2.31. The highest BCUT2D eigenvalue weighted by molar-refractivity contribution is 7.98. The largest absolute Gasteiger partial charge is 0.262 e. The summed E-state index contributed by atoms with van der Waals surface area (Å²) in [5.74, 6) is 1.33. The van der Waals surface area contributed by atoms with Gasteiger partial charge in [-0.15, -0.1) is 5.10 Å². The fraction of sp³-hybridized carbons (Fsp3) is 0.333. The Bertz CT molecular complexity index is 542. The summed E-state index contributed by atoms with van der Waals surface area (Å²) in [6, 6.07) is 4.67. The zero-order valence-electron chi connectivity index (χ0n) is 10.1. The standard InChI is InChI=1S/C12H13ClFN3S/c1-7(2)11-15-12(17-16-11)18-6-8-3-4-9(13)5-10(8)14/h3-5,7H,6H2,1-2H3,(H,15,16,17). The molecule has 1 N–H and O–H groups in total. The van der Waals surface area contributed by atoms with Crippen LogP contribution in [0, 0.1) is 5.82 Å². The van der Waals surface area contributed by atoms with Gasteiger partial charge in [0.2, 0.25) is 5.16 Å². The van der Waals surface area contributed by atoms with Gasteiger partial charge in [-0.05, 0) is 17.7 Å². The van der Waals surface area contributed by atoms with Crippen molar-refractivity contribution in [3.05, 3.63) is 40.4 Å². The molecule has 0 aliphatic carbocycles. The van der Waals surface area contributed by atoms with E-state index in [-0.39, 0.29) is 5.82 Å². The summed E-state index contributed by atoms with van der Waals surface area (Å²) < 4.78 is 13.5. The van der Waals surface area contributed by atoms with Crippen LogP contribution in [0.1, 0.15) is 31.2 Å². The summed E-state index contributed by atoms with van der Waals surface area (Å²) in [5.41, 5.74) is 0.597. The molecule has 2 rings (SSSR count). The summed E-state index contributed by atoms with van der Waals surface area (Å²) >= 11 is 7.09. The summed E-state index contributed by atoms with van der Waals surface area (Å²) in [6.07, 6.45) is 0. The van der Waals surface area contributed by atoms with E-state index < -0.39 is 0 Å². The molecule has 0 bridgehead atoms. The minimum Gasteiger partial charge on any atom is -0.262 e. The number of thioether (sulfide) groups is 1. The van der Waals surface area contributed by atoms with E-state index in [1.807, 2.05) is 13.8 Å². The number of nitrogens with one attached hydrogen (secondary N) is 1. The Balaban J connectivity index is 2.02. The van der Waals surface area contributed by atoms with E-state index in [1.54, 1.807) is 12.1 Å². The highest BCUT2D eigenvalue weighted by Gasteiger charge is 2.09. The van der Waals surface area contributed by atoms with Crippen LogP contribution in [0.4, 0.5) is 4.39 Å². The molecule has 18 heavy (non-hydrogen) atoms. The average Bonchev–Trinajstić information content (AvgIpc) is 2.76. The number of nitrogens with zero attached hydrogens (tertiary/aromatic N) is 2. The Morgan fingerprint density at radius 1 is 1.44 bits per heavy atom. The summed E-state index contributed by atoms with van der Waals surface area (Å²) in [7, 11) is 0. The molecule has 96 valence electrons. The van der Waals surface area contributed by atoms with Crippen molar-refractivity contribution in [3.63, 3.8) is 0 Å². The molecule has 0 radical (unpaired) electrons. The topological polar surface area (TPSA) is 41.6 Å². The highest BCUT2D eigenvalue weighted by atomic mass is 35.5. The highest BCUT2D eigenvalue weighted by Crippen LogP contribution is 2.23.